The van der Waals surface area contributed by atoms with Crippen molar-refractivity contribution in [2.75, 3.05) is 26.9 Å². The van der Waals surface area contributed by atoms with Crippen LogP contribution in [0.25, 0.3) is 0 Å². The zero-order valence-corrected chi connectivity index (χ0v) is 11.7. The molecule has 2 rings (SSSR count). The minimum atomic E-state index is -0.0126. The second-order valence-corrected chi connectivity index (χ2v) is 5.22. The van der Waals surface area contributed by atoms with Crippen LogP contribution < -0.4 is 9.47 Å². The quantitative estimate of drug-likeness (QED) is 0.739. The van der Waals surface area contributed by atoms with Gasteiger partial charge in [0.1, 0.15) is 0 Å². The number of halogens is 1. The van der Waals surface area contributed by atoms with Gasteiger partial charge in [-0.1, -0.05) is 19.4 Å². The van der Waals surface area contributed by atoms with Crippen LogP contribution in [0.1, 0.15) is 30.7 Å². The highest BCUT2D eigenvalue weighted by Crippen LogP contribution is 2.35. The van der Waals surface area contributed by atoms with Gasteiger partial charge in [0, 0.05) is 6.54 Å². The zero-order valence-electron chi connectivity index (χ0n) is 11.0. The summed E-state index contributed by atoms with van der Waals surface area (Å²) in [5.41, 5.74) is 1.09. The van der Waals surface area contributed by atoms with Gasteiger partial charge in [0.25, 0.3) is 0 Å². The second-order valence-electron chi connectivity index (χ2n) is 4.70. The van der Waals surface area contributed by atoms with Crippen LogP contribution in [0.15, 0.2) is 18.2 Å². The Bertz CT molecular complexity index is 397. The molecule has 0 saturated heterocycles. The number of fused-ring (bicyclic) bond motifs is 1. The monoisotopic (exact) mass is 269 g/mol. The average molecular weight is 270 g/mol. The highest BCUT2D eigenvalue weighted by Gasteiger charge is 2.17. The third-order valence-electron chi connectivity index (χ3n) is 3.12. The molecule has 100 valence electrons. The predicted octanol–water partition coefficient (Wildman–Crippen LogP) is 3.43. The van der Waals surface area contributed by atoms with Gasteiger partial charge < -0.3 is 14.4 Å². The second kappa shape index (κ2) is 6.30. The van der Waals surface area contributed by atoms with Crippen molar-refractivity contribution >= 4 is 11.6 Å². The molecule has 0 aliphatic carbocycles. The Kier molecular flexibility index (Phi) is 4.72. The summed E-state index contributed by atoms with van der Waals surface area (Å²) < 4.78 is 10.7. The van der Waals surface area contributed by atoms with Crippen LogP contribution in [-0.4, -0.2) is 31.8 Å². The number of likely N-dealkylation sites (N-methyl/N-ethyl adjacent to an activating group) is 1. The van der Waals surface area contributed by atoms with Crippen LogP contribution >= 0.6 is 11.6 Å². The lowest BCUT2D eigenvalue weighted by atomic mass is 10.1. The summed E-state index contributed by atoms with van der Waals surface area (Å²) in [6.45, 7) is 4.44. The molecule has 0 fully saturated rings. The Hall–Kier alpha value is -0.930. The van der Waals surface area contributed by atoms with Crippen molar-refractivity contribution in [3.8, 4) is 11.5 Å². The number of alkyl halides is 1. The van der Waals surface area contributed by atoms with Gasteiger partial charge in [-0.3, -0.25) is 0 Å². The number of hydrogen-bond acceptors (Lipinski definition) is 3. The average Bonchev–Trinajstić information content (AvgIpc) is 2.83. The van der Waals surface area contributed by atoms with Gasteiger partial charge in [0.15, 0.2) is 11.5 Å². The third-order valence-corrected chi connectivity index (χ3v) is 3.51. The largest absolute Gasteiger partial charge is 0.454 e. The van der Waals surface area contributed by atoms with Gasteiger partial charge in [-0.2, -0.15) is 0 Å². The van der Waals surface area contributed by atoms with Gasteiger partial charge in [-0.05, 0) is 37.7 Å². The molecule has 18 heavy (non-hydrogen) atoms. The van der Waals surface area contributed by atoms with Crippen molar-refractivity contribution in [1.82, 2.24) is 4.90 Å². The summed E-state index contributed by atoms with van der Waals surface area (Å²) in [4.78, 5) is 2.27. The Morgan fingerprint density at radius 3 is 2.89 bits per heavy atom. The van der Waals surface area contributed by atoms with Crippen molar-refractivity contribution < 1.29 is 9.47 Å². The molecule has 1 heterocycles. The Morgan fingerprint density at radius 2 is 2.11 bits per heavy atom. The van der Waals surface area contributed by atoms with Crippen LogP contribution in [0.2, 0.25) is 0 Å². The van der Waals surface area contributed by atoms with Crippen LogP contribution in [0.4, 0.5) is 0 Å². The molecule has 0 spiro atoms. The lowest BCUT2D eigenvalue weighted by Crippen LogP contribution is -2.23. The van der Waals surface area contributed by atoms with Crippen molar-refractivity contribution in [2.45, 2.75) is 25.1 Å². The van der Waals surface area contributed by atoms with Crippen LogP contribution in [0.3, 0.4) is 0 Å². The predicted molar refractivity (Wildman–Crippen MR) is 73.6 cm³/mol. The molecule has 0 bridgehead atoms. The van der Waals surface area contributed by atoms with E-state index >= 15 is 0 Å². The van der Waals surface area contributed by atoms with Crippen molar-refractivity contribution in [3.63, 3.8) is 0 Å². The number of nitrogens with zero attached hydrogens (tertiary/aromatic N) is 1. The highest BCUT2D eigenvalue weighted by molar-refractivity contribution is 6.21. The molecule has 3 nitrogen and oxygen atoms in total. The molecular formula is C14H20ClNO2. The molecule has 1 aromatic rings. The first-order valence-electron chi connectivity index (χ1n) is 6.43. The maximum atomic E-state index is 6.44. The van der Waals surface area contributed by atoms with Crippen LogP contribution in [0.5, 0.6) is 11.5 Å². The lowest BCUT2D eigenvalue weighted by Gasteiger charge is -2.20. The van der Waals surface area contributed by atoms with Crippen molar-refractivity contribution in [3.05, 3.63) is 23.8 Å². The molecule has 1 atom stereocenters. The fourth-order valence-corrected chi connectivity index (χ4v) is 2.38. The summed E-state index contributed by atoms with van der Waals surface area (Å²) in [6.07, 6.45) is 2.42. The summed E-state index contributed by atoms with van der Waals surface area (Å²) in [7, 11) is 2.11. The van der Waals surface area contributed by atoms with E-state index in [9.17, 15) is 0 Å². The molecule has 1 aliphatic heterocycles. The molecule has 1 aromatic carbocycles. The first-order chi connectivity index (χ1) is 8.70. The minimum absolute atomic E-state index is 0.0126. The van der Waals surface area contributed by atoms with E-state index < -0.39 is 0 Å². The van der Waals surface area contributed by atoms with Gasteiger partial charge >= 0.3 is 0 Å². The SMILES string of the molecule is CCCCN(C)CC(Cl)c1ccc2c(c1)OCO2. The van der Waals surface area contributed by atoms with E-state index in [4.69, 9.17) is 21.1 Å². The number of hydrogen-bond donors (Lipinski definition) is 0. The maximum absolute atomic E-state index is 6.44. The molecular weight excluding hydrogens is 250 g/mol. The molecule has 0 amide bonds. The maximum Gasteiger partial charge on any atom is 0.231 e. The van der Waals surface area contributed by atoms with Crippen LogP contribution in [-0.2, 0) is 0 Å². The molecule has 4 heteroatoms. The zero-order chi connectivity index (χ0) is 13.0. The molecule has 0 saturated carbocycles. The number of benzene rings is 1. The van der Waals surface area contributed by atoms with Crippen LogP contribution in [0, 0.1) is 0 Å². The molecule has 0 radical (unpaired) electrons. The molecule has 0 N–H and O–H groups in total. The van der Waals surface area contributed by atoms with E-state index in [0.29, 0.717) is 6.79 Å². The summed E-state index contributed by atoms with van der Waals surface area (Å²) >= 11 is 6.44. The van der Waals surface area contributed by atoms with Gasteiger partial charge in [-0.15, -0.1) is 11.6 Å². The number of rotatable bonds is 6. The fourth-order valence-electron chi connectivity index (χ4n) is 2.01. The molecule has 1 unspecified atom stereocenters. The third kappa shape index (κ3) is 3.30. The topological polar surface area (TPSA) is 21.7 Å². The first kappa shape index (κ1) is 13.5. The standard InChI is InChI=1S/C14H20ClNO2/c1-3-4-7-16(2)9-12(15)11-5-6-13-14(8-11)18-10-17-13/h5-6,8,12H,3-4,7,9-10H2,1-2H3. The van der Waals surface area contributed by atoms with Gasteiger partial charge in [-0.25, -0.2) is 0 Å². The lowest BCUT2D eigenvalue weighted by molar-refractivity contribution is 0.174. The minimum Gasteiger partial charge on any atom is -0.454 e. The Balaban J connectivity index is 1.94. The first-order valence-corrected chi connectivity index (χ1v) is 6.86. The fraction of sp³-hybridized carbons (Fsp3) is 0.571. The highest BCUT2D eigenvalue weighted by atomic mass is 35.5. The number of unbranched alkanes of at least 4 members (excludes halogenated alkanes) is 1. The molecule has 1 aliphatic rings. The summed E-state index contributed by atoms with van der Waals surface area (Å²) in [6, 6.07) is 5.92. The normalized spacial score (nSPS) is 15.1. The summed E-state index contributed by atoms with van der Waals surface area (Å²) in [5, 5.41) is -0.0126. The van der Waals surface area contributed by atoms with Gasteiger partial charge in [0.2, 0.25) is 6.79 Å². The smallest absolute Gasteiger partial charge is 0.231 e. The Labute approximate surface area is 114 Å². The Morgan fingerprint density at radius 1 is 1.33 bits per heavy atom. The van der Waals surface area contributed by atoms with E-state index in [1.807, 2.05) is 18.2 Å². The van der Waals surface area contributed by atoms with E-state index in [1.54, 1.807) is 0 Å². The van der Waals surface area contributed by atoms with E-state index in [0.717, 1.165) is 30.2 Å². The van der Waals surface area contributed by atoms with Crippen molar-refractivity contribution in [1.29, 1.82) is 0 Å². The number of ether oxygens (including phenoxy) is 2. The van der Waals surface area contributed by atoms with E-state index in [2.05, 4.69) is 18.9 Å². The van der Waals surface area contributed by atoms with E-state index in [1.165, 1.54) is 12.8 Å². The van der Waals surface area contributed by atoms with E-state index in [-0.39, 0.29) is 5.38 Å². The molecule has 0 aromatic heterocycles. The summed E-state index contributed by atoms with van der Waals surface area (Å²) in [5.74, 6) is 1.61. The van der Waals surface area contributed by atoms with Crippen molar-refractivity contribution in [2.24, 2.45) is 0 Å². The van der Waals surface area contributed by atoms with Gasteiger partial charge in [0.05, 0.1) is 5.38 Å².